The molecule has 0 radical (unpaired) electrons. The molecule has 2 aliphatic rings. The summed E-state index contributed by atoms with van der Waals surface area (Å²) in [6.45, 7) is 4.77. The summed E-state index contributed by atoms with van der Waals surface area (Å²) in [5.74, 6) is 1.48. The van der Waals surface area contributed by atoms with Crippen LogP contribution in [0.1, 0.15) is 12.0 Å². The first kappa shape index (κ1) is 27.3. The van der Waals surface area contributed by atoms with Gasteiger partial charge in [-0.05, 0) is 18.6 Å². The first-order chi connectivity index (χ1) is 18.8. The van der Waals surface area contributed by atoms with Crippen LogP contribution in [-0.4, -0.2) is 60.4 Å². The van der Waals surface area contributed by atoms with E-state index in [1.807, 2.05) is 4.90 Å². The van der Waals surface area contributed by atoms with Crippen LogP contribution >= 0.6 is 34.8 Å². The van der Waals surface area contributed by atoms with Gasteiger partial charge in [0.25, 0.3) is 0 Å². The topological polar surface area (TPSA) is 111 Å². The van der Waals surface area contributed by atoms with Crippen molar-refractivity contribution in [2.45, 2.75) is 25.0 Å². The zero-order valence-electron chi connectivity index (χ0n) is 21.1. The van der Waals surface area contributed by atoms with Gasteiger partial charge in [0.2, 0.25) is 11.9 Å². The number of amides is 1. The molecule has 1 aromatic carbocycles. The fourth-order valence-corrected chi connectivity index (χ4v) is 5.51. The molecule has 0 aliphatic carbocycles. The van der Waals surface area contributed by atoms with E-state index in [9.17, 15) is 4.79 Å². The van der Waals surface area contributed by atoms with E-state index in [4.69, 9.17) is 54.0 Å². The first-order valence-corrected chi connectivity index (χ1v) is 13.1. The lowest BCUT2D eigenvalue weighted by molar-refractivity contribution is -0.117. The Bertz CT molecular complexity index is 1410. The third-order valence-electron chi connectivity index (χ3n) is 6.54. The summed E-state index contributed by atoms with van der Waals surface area (Å²) in [6.07, 6.45) is 5.16. The van der Waals surface area contributed by atoms with E-state index >= 15 is 0 Å². The zero-order chi connectivity index (χ0) is 27.7. The van der Waals surface area contributed by atoms with Gasteiger partial charge in [-0.25, -0.2) is 15.0 Å². The van der Waals surface area contributed by atoms with Gasteiger partial charge in [0.1, 0.15) is 27.4 Å². The van der Waals surface area contributed by atoms with Crippen LogP contribution in [0, 0.1) is 0 Å². The Balaban J connectivity index is 1.54. The van der Waals surface area contributed by atoms with E-state index in [-0.39, 0.29) is 18.0 Å². The van der Waals surface area contributed by atoms with Gasteiger partial charge in [-0.1, -0.05) is 41.4 Å². The average molecular weight is 592 g/mol. The summed E-state index contributed by atoms with van der Waals surface area (Å²) in [5, 5.41) is 7.29. The van der Waals surface area contributed by atoms with Crippen LogP contribution in [0.4, 0.5) is 17.5 Å². The molecule has 2 aromatic heterocycles. The molecule has 2 atom stereocenters. The summed E-state index contributed by atoms with van der Waals surface area (Å²) in [4.78, 5) is 27.8. The van der Waals surface area contributed by atoms with Gasteiger partial charge in [-0.15, -0.1) is 0 Å². The minimum absolute atomic E-state index is 0.171. The fourth-order valence-electron chi connectivity index (χ4n) is 4.65. The van der Waals surface area contributed by atoms with Crippen molar-refractivity contribution in [1.29, 1.82) is 0 Å². The largest absolute Gasteiger partial charge is 0.495 e. The second-order valence-corrected chi connectivity index (χ2v) is 10.1. The highest BCUT2D eigenvalue weighted by Crippen LogP contribution is 2.51. The lowest BCUT2D eigenvalue weighted by Crippen LogP contribution is -2.52. The molecule has 2 unspecified atom stereocenters. The number of aromatic nitrogens is 3. The Hall–Kier alpha value is -3.31. The number of anilines is 3. The van der Waals surface area contributed by atoms with E-state index < -0.39 is 0 Å². The number of halogens is 3. The molecule has 0 saturated carbocycles. The monoisotopic (exact) mass is 590 g/mol. The van der Waals surface area contributed by atoms with Gasteiger partial charge in [0.15, 0.2) is 0 Å². The number of rotatable bonds is 7. The molecular formula is C26H25Cl3N6O4. The van der Waals surface area contributed by atoms with Gasteiger partial charge in [0.05, 0.1) is 55.9 Å². The predicted molar refractivity (Wildman–Crippen MR) is 151 cm³/mol. The lowest BCUT2D eigenvalue weighted by Gasteiger charge is -2.34. The molecule has 1 saturated heterocycles. The Kier molecular flexibility index (Phi) is 7.99. The second-order valence-electron chi connectivity index (χ2n) is 8.87. The molecular weight excluding hydrogens is 567 g/mol. The molecule has 0 bridgehead atoms. The summed E-state index contributed by atoms with van der Waals surface area (Å²) in [6, 6.07) is 3.00. The minimum atomic E-state index is -0.249. The minimum Gasteiger partial charge on any atom is -0.495 e. The maximum Gasteiger partial charge on any atom is 0.243 e. The summed E-state index contributed by atoms with van der Waals surface area (Å²) < 4.78 is 16.6. The highest BCUT2D eigenvalue weighted by atomic mass is 35.5. The summed E-state index contributed by atoms with van der Waals surface area (Å²) >= 11 is 19.9. The third-order valence-corrected chi connectivity index (χ3v) is 7.48. The van der Waals surface area contributed by atoms with Crippen LogP contribution in [0.15, 0.2) is 37.2 Å². The number of nitrogens with zero attached hydrogens (tertiary/aromatic N) is 4. The number of hydrogen-bond acceptors (Lipinski definition) is 9. The quantitative estimate of drug-likeness (QED) is 0.365. The Morgan fingerprint density at radius 3 is 2.56 bits per heavy atom. The van der Waals surface area contributed by atoms with Crippen LogP contribution in [0.5, 0.6) is 11.5 Å². The van der Waals surface area contributed by atoms with Crippen molar-refractivity contribution in [2.24, 2.45) is 0 Å². The number of carbonyl (C=O) groups is 1. The molecule has 5 rings (SSSR count). The molecule has 10 nitrogen and oxygen atoms in total. The van der Waals surface area contributed by atoms with E-state index in [0.717, 1.165) is 5.56 Å². The van der Waals surface area contributed by atoms with Gasteiger partial charge >= 0.3 is 0 Å². The number of nitrogens with one attached hydrogen (secondary N) is 2. The van der Waals surface area contributed by atoms with E-state index in [0.29, 0.717) is 81.5 Å². The van der Waals surface area contributed by atoms with Crippen molar-refractivity contribution in [1.82, 2.24) is 20.3 Å². The third kappa shape index (κ3) is 5.29. The van der Waals surface area contributed by atoms with Crippen LogP contribution in [0.2, 0.25) is 15.1 Å². The highest BCUT2D eigenvalue weighted by Gasteiger charge is 2.33. The smallest absolute Gasteiger partial charge is 0.243 e. The molecule has 204 valence electrons. The molecule has 4 heterocycles. The highest BCUT2D eigenvalue weighted by molar-refractivity contribution is 6.41. The van der Waals surface area contributed by atoms with Crippen LogP contribution in [0.3, 0.4) is 0 Å². The molecule has 3 aromatic rings. The Morgan fingerprint density at radius 2 is 1.87 bits per heavy atom. The number of ether oxygens (including phenoxy) is 3. The number of carbonyl (C=O) groups excluding carboxylic acids is 1. The van der Waals surface area contributed by atoms with Crippen molar-refractivity contribution in [2.75, 3.05) is 37.7 Å². The van der Waals surface area contributed by atoms with Crippen molar-refractivity contribution >= 4 is 58.2 Å². The van der Waals surface area contributed by atoms with Crippen LogP contribution in [0.25, 0.3) is 11.3 Å². The molecule has 0 spiro atoms. The molecule has 2 aliphatic heterocycles. The number of methoxy groups -OCH3 is 2. The maximum atomic E-state index is 11.9. The van der Waals surface area contributed by atoms with Crippen LogP contribution < -0.4 is 25.0 Å². The van der Waals surface area contributed by atoms with E-state index in [2.05, 4.69) is 27.2 Å². The maximum absolute atomic E-state index is 11.9. The number of pyridine rings is 1. The standard InChI is InChI=1S/C26H25Cl3N6O4/c1-4-20(36)32-16-5-6-39-12-17(16)33-26-31-9-13-11-35(25-15(23(13)34-26)7-14(27)10-30-25)24-21(28)18(37-2)8-19(38-3)22(24)29/h4,7-10,16-17H,1,5-6,11-12H2,2-3H3,(H,32,36)(H,31,33,34). The van der Waals surface area contributed by atoms with Gasteiger partial charge in [0, 0.05) is 36.2 Å². The summed E-state index contributed by atoms with van der Waals surface area (Å²) in [5.41, 5.74) is 2.58. The number of fused-ring (bicyclic) bond motifs is 3. The number of hydrogen-bond donors (Lipinski definition) is 2. The van der Waals surface area contributed by atoms with Crippen LogP contribution in [-0.2, 0) is 16.1 Å². The van der Waals surface area contributed by atoms with E-state index in [1.165, 1.54) is 20.3 Å². The van der Waals surface area contributed by atoms with Gasteiger partial charge < -0.3 is 29.7 Å². The molecule has 13 heteroatoms. The Morgan fingerprint density at radius 1 is 1.13 bits per heavy atom. The SMILES string of the molecule is C=CC(=O)NC1CCOCC1Nc1ncc2c(n1)-c1cc(Cl)cnc1N(c1c(Cl)c(OC)cc(OC)c1Cl)C2. The molecule has 39 heavy (non-hydrogen) atoms. The lowest BCUT2D eigenvalue weighted by atomic mass is 10.0. The number of benzene rings is 1. The second kappa shape index (κ2) is 11.4. The van der Waals surface area contributed by atoms with Gasteiger partial charge in [-0.3, -0.25) is 4.79 Å². The first-order valence-electron chi connectivity index (χ1n) is 12.0. The van der Waals surface area contributed by atoms with Crippen molar-refractivity contribution in [3.05, 3.63) is 57.8 Å². The fraction of sp³-hybridized carbons (Fsp3) is 0.308. The summed E-state index contributed by atoms with van der Waals surface area (Å²) in [7, 11) is 3.03. The van der Waals surface area contributed by atoms with Gasteiger partial charge in [-0.2, -0.15) is 0 Å². The average Bonchev–Trinajstić information content (AvgIpc) is 2.94. The predicted octanol–water partition coefficient (Wildman–Crippen LogP) is 5.04. The van der Waals surface area contributed by atoms with E-state index in [1.54, 1.807) is 24.5 Å². The van der Waals surface area contributed by atoms with Crippen molar-refractivity contribution in [3.8, 4) is 22.8 Å². The zero-order valence-corrected chi connectivity index (χ0v) is 23.4. The molecule has 2 N–H and O–H groups in total. The molecule has 1 amide bonds. The Labute approximate surface area is 240 Å². The normalized spacial score (nSPS) is 18.0. The van der Waals surface area contributed by atoms with Crippen molar-refractivity contribution < 1.29 is 19.0 Å². The van der Waals surface area contributed by atoms with Crippen molar-refractivity contribution in [3.63, 3.8) is 0 Å². The molecule has 1 fully saturated rings.